The van der Waals surface area contributed by atoms with Crippen LogP contribution in [0.4, 0.5) is 26.3 Å². The molecule has 46 heavy (non-hydrogen) atoms. The summed E-state index contributed by atoms with van der Waals surface area (Å²) >= 11 is 0. The molecule has 0 aliphatic carbocycles. The smallest absolute Gasteiger partial charge is 0.450 e. The molecular weight excluding hydrogens is 674 g/mol. The van der Waals surface area contributed by atoms with Crippen LogP contribution in [0.2, 0.25) is 0 Å². The van der Waals surface area contributed by atoms with Crippen molar-refractivity contribution in [2.45, 2.75) is 108 Å². The van der Waals surface area contributed by atoms with Gasteiger partial charge < -0.3 is 13.7 Å². The lowest BCUT2D eigenvalue weighted by molar-refractivity contribution is -0.247. The van der Waals surface area contributed by atoms with Crippen LogP contribution in [0.15, 0.2) is 24.3 Å². The van der Waals surface area contributed by atoms with E-state index in [0.29, 0.717) is 25.2 Å². The summed E-state index contributed by atoms with van der Waals surface area (Å²) in [5.74, 6) is -9.30. The van der Waals surface area contributed by atoms with Gasteiger partial charge >= 0.3 is 48.6 Å². The van der Waals surface area contributed by atoms with Gasteiger partial charge in [-0.15, -0.1) is 0 Å². The molecule has 0 aromatic heterocycles. The Kier molecular flexibility index (Phi) is 15.3. The van der Waals surface area contributed by atoms with Crippen molar-refractivity contribution < 1.29 is 71.0 Å². The third-order valence-electron chi connectivity index (χ3n) is 7.11. The van der Waals surface area contributed by atoms with E-state index >= 15 is 0 Å². The van der Waals surface area contributed by atoms with E-state index in [1.807, 2.05) is 20.8 Å². The molecular formula is C28H40F6O10S2. The molecule has 1 aromatic rings. The third kappa shape index (κ3) is 11.0. The molecule has 0 saturated carbocycles. The molecule has 1 rings (SSSR count). The van der Waals surface area contributed by atoms with Gasteiger partial charge in [0.25, 0.3) is 0 Å². The van der Waals surface area contributed by atoms with Crippen LogP contribution in [0, 0.1) is 5.41 Å². The standard InChI is InChI=1S/C28H40F6O10S2/c1-4-25(2,3)24(36)43-20-14-12-10-8-6-5-7-9-11-13-19-42-23(35)21-15-17-22(18-16-21)44-46(40,41)28(33,34)26(29,30)27(31,32)45(37,38)39/h15-18H,4-14,19-20H2,1-3H3,(H,37,38,39). The van der Waals surface area contributed by atoms with Crippen molar-refractivity contribution in [3.8, 4) is 5.75 Å². The zero-order valence-electron chi connectivity index (χ0n) is 25.7. The van der Waals surface area contributed by atoms with E-state index < -0.39 is 53.8 Å². The van der Waals surface area contributed by atoms with E-state index in [4.69, 9.17) is 14.0 Å². The van der Waals surface area contributed by atoms with Gasteiger partial charge in [-0.2, -0.15) is 43.2 Å². The van der Waals surface area contributed by atoms with Gasteiger partial charge in [0.2, 0.25) is 0 Å². The van der Waals surface area contributed by atoms with Crippen molar-refractivity contribution in [3.63, 3.8) is 0 Å². The fourth-order valence-electron chi connectivity index (χ4n) is 3.69. The van der Waals surface area contributed by atoms with Gasteiger partial charge in [0, 0.05) is 0 Å². The Morgan fingerprint density at radius 3 is 1.52 bits per heavy atom. The number of esters is 2. The Morgan fingerprint density at radius 1 is 0.696 bits per heavy atom. The van der Waals surface area contributed by atoms with Crippen LogP contribution in [0.1, 0.15) is 102 Å². The van der Waals surface area contributed by atoms with E-state index in [9.17, 15) is 52.8 Å². The first-order valence-corrected chi connectivity index (χ1v) is 17.4. The van der Waals surface area contributed by atoms with Crippen LogP contribution < -0.4 is 4.18 Å². The van der Waals surface area contributed by atoms with Gasteiger partial charge in [0.05, 0.1) is 24.2 Å². The monoisotopic (exact) mass is 714 g/mol. The van der Waals surface area contributed by atoms with Crippen LogP contribution in [0.5, 0.6) is 5.75 Å². The van der Waals surface area contributed by atoms with Crippen molar-refractivity contribution in [2.75, 3.05) is 13.2 Å². The van der Waals surface area contributed by atoms with Gasteiger partial charge in [0.15, 0.2) is 0 Å². The first kappa shape index (κ1) is 41.4. The van der Waals surface area contributed by atoms with Crippen molar-refractivity contribution in [1.29, 1.82) is 0 Å². The summed E-state index contributed by atoms with van der Waals surface area (Å²) in [7, 11) is -14.1. The van der Waals surface area contributed by atoms with E-state index in [1.165, 1.54) is 0 Å². The molecule has 0 saturated heterocycles. The highest BCUT2D eigenvalue weighted by atomic mass is 32.2. The summed E-state index contributed by atoms with van der Waals surface area (Å²) < 4.78 is 148. The summed E-state index contributed by atoms with van der Waals surface area (Å²) in [6, 6.07) is 2.81. The molecule has 1 N–H and O–H groups in total. The number of hydrogen-bond donors (Lipinski definition) is 1. The van der Waals surface area contributed by atoms with Crippen LogP contribution in [-0.4, -0.2) is 63.0 Å². The minimum atomic E-state index is -7.16. The Hall–Kier alpha value is -2.60. The van der Waals surface area contributed by atoms with Crippen molar-refractivity contribution in [3.05, 3.63) is 29.8 Å². The fourth-order valence-corrected chi connectivity index (χ4v) is 5.11. The van der Waals surface area contributed by atoms with Gasteiger partial charge in [-0.25, -0.2) is 4.79 Å². The highest BCUT2D eigenvalue weighted by Crippen LogP contribution is 2.50. The molecule has 0 amide bonds. The zero-order valence-corrected chi connectivity index (χ0v) is 27.3. The molecule has 0 unspecified atom stereocenters. The number of rotatable bonds is 22. The average molecular weight is 715 g/mol. The number of benzene rings is 1. The highest BCUT2D eigenvalue weighted by Gasteiger charge is 2.83. The Balaban J connectivity index is 2.35. The van der Waals surface area contributed by atoms with E-state index in [1.54, 1.807) is 0 Å². The van der Waals surface area contributed by atoms with E-state index in [2.05, 4.69) is 4.18 Å². The lowest BCUT2D eigenvalue weighted by atomic mass is 9.91. The predicted octanol–water partition coefficient (Wildman–Crippen LogP) is 7.14. The molecule has 0 radical (unpaired) electrons. The van der Waals surface area contributed by atoms with Gasteiger partial charge in [-0.3, -0.25) is 9.35 Å². The highest BCUT2D eigenvalue weighted by molar-refractivity contribution is 7.88. The van der Waals surface area contributed by atoms with Gasteiger partial charge in [-0.05, 0) is 57.4 Å². The van der Waals surface area contributed by atoms with Crippen LogP contribution in [0.25, 0.3) is 0 Å². The molecule has 10 nitrogen and oxygen atoms in total. The lowest BCUT2D eigenvalue weighted by Crippen LogP contribution is -2.61. The fraction of sp³-hybridized carbons (Fsp3) is 0.714. The second kappa shape index (κ2) is 17.0. The minimum Gasteiger partial charge on any atom is -0.465 e. The lowest BCUT2D eigenvalue weighted by Gasteiger charge is -2.29. The molecule has 0 atom stereocenters. The molecule has 0 fully saturated rings. The largest absolute Gasteiger partial charge is 0.465 e. The van der Waals surface area contributed by atoms with Gasteiger partial charge in [0.1, 0.15) is 5.75 Å². The average Bonchev–Trinajstić information content (AvgIpc) is 2.96. The summed E-state index contributed by atoms with van der Waals surface area (Å²) in [5, 5.41) is -13.7. The maximum Gasteiger partial charge on any atom is 0.450 e. The molecule has 1 aromatic carbocycles. The number of carbonyl (C=O) groups is 2. The Bertz CT molecular complexity index is 1350. The number of ether oxygens (including phenoxy) is 2. The van der Waals surface area contributed by atoms with Crippen LogP contribution in [0.3, 0.4) is 0 Å². The Morgan fingerprint density at radius 2 is 1.11 bits per heavy atom. The third-order valence-corrected chi connectivity index (χ3v) is 9.31. The molecule has 266 valence electrons. The minimum absolute atomic E-state index is 0.0365. The number of unbranched alkanes of at least 4 members (excludes halogenated alkanes) is 9. The first-order chi connectivity index (χ1) is 21.0. The molecule has 0 bridgehead atoms. The number of alkyl halides is 6. The molecule has 0 aliphatic rings. The topological polar surface area (TPSA) is 150 Å². The number of halogens is 6. The molecule has 0 spiro atoms. The molecule has 18 heteroatoms. The molecule has 0 aliphatic heterocycles. The zero-order chi connectivity index (χ0) is 35.5. The number of carbonyl (C=O) groups excluding carboxylic acids is 2. The summed E-state index contributed by atoms with van der Waals surface area (Å²) in [6.07, 6.45) is 9.95. The second-order valence-electron chi connectivity index (χ2n) is 11.2. The quantitative estimate of drug-likeness (QED) is 0.0432. The number of hydrogen-bond acceptors (Lipinski definition) is 9. The summed E-state index contributed by atoms with van der Waals surface area (Å²) in [5.41, 5.74) is -0.667. The Labute approximate surface area is 265 Å². The predicted molar refractivity (Wildman–Crippen MR) is 154 cm³/mol. The first-order valence-electron chi connectivity index (χ1n) is 14.5. The maximum absolute atomic E-state index is 13.9. The molecule has 0 heterocycles. The van der Waals surface area contributed by atoms with Gasteiger partial charge in [-0.1, -0.05) is 58.3 Å². The summed E-state index contributed by atoms with van der Waals surface area (Å²) in [6.45, 7) is 6.13. The van der Waals surface area contributed by atoms with E-state index in [-0.39, 0.29) is 18.1 Å². The summed E-state index contributed by atoms with van der Waals surface area (Å²) in [4.78, 5) is 24.0. The van der Waals surface area contributed by atoms with Crippen molar-refractivity contribution in [2.24, 2.45) is 5.41 Å². The van der Waals surface area contributed by atoms with E-state index in [0.717, 1.165) is 76.3 Å². The van der Waals surface area contributed by atoms with Crippen LogP contribution >= 0.6 is 0 Å². The second-order valence-corrected chi connectivity index (χ2v) is 14.2. The van der Waals surface area contributed by atoms with Crippen molar-refractivity contribution in [1.82, 2.24) is 0 Å². The SMILES string of the molecule is CCC(C)(C)C(=O)OCCCCCCCCCCCCOC(=O)c1ccc(OS(=O)(=O)C(F)(F)C(F)(F)C(F)(F)S(=O)(=O)O)cc1. The normalized spacial score (nSPS) is 13.3. The van der Waals surface area contributed by atoms with Crippen molar-refractivity contribution >= 4 is 32.2 Å². The maximum atomic E-state index is 13.9. The van der Waals surface area contributed by atoms with Crippen LogP contribution in [-0.2, 0) is 34.5 Å².